The van der Waals surface area contributed by atoms with Gasteiger partial charge in [0, 0.05) is 30.8 Å². The number of rotatable bonds is 13. The number of methoxy groups -OCH3 is 1. The third kappa shape index (κ3) is 9.89. The highest BCUT2D eigenvalue weighted by Crippen LogP contribution is 2.36. The van der Waals surface area contributed by atoms with Crippen molar-refractivity contribution in [1.82, 2.24) is 9.80 Å². The highest BCUT2D eigenvalue weighted by Gasteiger charge is 2.38. The predicted octanol–water partition coefficient (Wildman–Crippen LogP) is 8.04. The molecule has 0 atom stereocenters. The molecular weight excluding hydrogens is 705 g/mol. The maximum atomic E-state index is 14.8. The van der Waals surface area contributed by atoms with Crippen molar-refractivity contribution in [3.63, 3.8) is 0 Å². The minimum absolute atomic E-state index is 0.0260. The summed E-state index contributed by atoms with van der Waals surface area (Å²) in [5.41, 5.74) is 5.60. The van der Waals surface area contributed by atoms with E-state index < -0.39 is 21.8 Å². The molecule has 1 saturated carbocycles. The van der Waals surface area contributed by atoms with Crippen LogP contribution in [-0.2, 0) is 30.4 Å². The van der Waals surface area contributed by atoms with Crippen molar-refractivity contribution in [1.29, 1.82) is 0 Å². The van der Waals surface area contributed by atoms with E-state index in [0.29, 0.717) is 30.0 Å². The molecule has 54 heavy (non-hydrogen) atoms. The lowest BCUT2D eigenvalue weighted by molar-refractivity contribution is -0.128. The third-order valence-corrected chi connectivity index (χ3v) is 10.6. The molecule has 0 unspecified atom stereocenters. The van der Waals surface area contributed by atoms with Gasteiger partial charge in [-0.1, -0.05) is 66.2 Å². The number of hydrogen-bond donors (Lipinski definition) is 0. The van der Waals surface area contributed by atoms with E-state index in [2.05, 4.69) is 24.3 Å². The van der Waals surface area contributed by atoms with Gasteiger partial charge in [-0.15, -0.1) is 0 Å². The van der Waals surface area contributed by atoms with E-state index >= 15 is 0 Å². The highest BCUT2D eigenvalue weighted by molar-refractivity contribution is 7.86. The summed E-state index contributed by atoms with van der Waals surface area (Å²) in [4.78, 5) is 31.7. The van der Waals surface area contributed by atoms with Crippen LogP contribution in [0.5, 0.6) is 11.5 Å². The summed E-state index contributed by atoms with van der Waals surface area (Å²) in [6.45, 7) is 7.99. The lowest BCUT2D eigenvalue weighted by Gasteiger charge is -2.34. The smallest absolute Gasteiger partial charge is 0.410 e. The molecular formula is C43H48N2O8S. The molecule has 1 fully saturated rings. The summed E-state index contributed by atoms with van der Waals surface area (Å²) in [5.74, 6) is 0.853. The van der Waals surface area contributed by atoms with E-state index in [1.165, 1.54) is 12.1 Å². The number of nitrogens with zero attached hydrogens (tertiary/aromatic N) is 2. The molecule has 0 bridgehead atoms. The minimum atomic E-state index is -3.94. The molecule has 1 aliphatic heterocycles. The zero-order valence-electron chi connectivity index (χ0n) is 31.5. The van der Waals surface area contributed by atoms with E-state index in [4.69, 9.17) is 18.4 Å². The molecule has 6 rings (SSSR count). The van der Waals surface area contributed by atoms with Crippen LogP contribution in [0.2, 0.25) is 0 Å². The Hall–Kier alpha value is -5.13. The second-order valence-corrected chi connectivity index (χ2v) is 16.3. The van der Waals surface area contributed by atoms with Gasteiger partial charge in [-0.05, 0) is 105 Å². The number of ether oxygens (including phenoxy) is 3. The molecule has 0 spiro atoms. The number of amides is 2. The van der Waals surface area contributed by atoms with Crippen molar-refractivity contribution < 1.29 is 36.4 Å². The van der Waals surface area contributed by atoms with Crippen LogP contribution in [0.1, 0.15) is 56.7 Å². The van der Waals surface area contributed by atoms with Gasteiger partial charge in [0.2, 0.25) is 0 Å². The van der Waals surface area contributed by atoms with Crippen LogP contribution in [0.25, 0.3) is 16.7 Å². The standard InChI is InChI=1S/C43H48N2O8S/c1-30-14-18-38(19-15-30)54(48,49)52-23-22-51-37-25-31(24-36(27-37)50-5)28-45(35-16-17-35)41(46)40-29-44(42(47)53-43(2,3)4)21-20-39(40)34-13-9-12-33(26-34)32-10-7-6-8-11-32/h6-15,18-19,24-27,35H,16-17,20-23,28-29H2,1-5H3. The molecule has 2 aliphatic rings. The first-order chi connectivity index (χ1) is 25.8. The van der Waals surface area contributed by atoms with E-state index in [1.807, 2.05) is 75.1 Å². The Balaban J connectivity index is 1.24. The zero-order valence-corrected chi connectivity index (χ0v) is 32.4. The largest absolute Gasteiger partial charge is 0.497 e. The van der Waals surface area contributed by atoms with Gasteiger partial charge < -0.3 is 24.0 Å². The normalized spacial score (nSPS) is 14.8. The van der Waals surface area contributed by atoms with Crippen LogP contribution >= 0.6 is 0 Å². The Morgan fingerprint density at radius 1 is 0.833 bits per heavy atom. The van der Waals surface area contributed by atoms with Gasteiger partial charge in [0.1, 0.15) is 30.3 Å². The third-order valence-electron chi connectivity index (χ3n) is 9.25. The Morgan fingerprint density at radius 2 is 1.52 bits per heavy atom. The summed E-state index contributed by atoms with van der Waals surface area (Å²) in [7, 11) is -2.38. The predicted molar refractivity (Wildman–Crippen MR) is 208 cm³/mol. The molecule has 284 valence electrons. The van der Waals surface area contributed by atoms with Gasteiger partial charge in [-0.2, -0.15) is 8.42 Å². The maximum absolute atomic E-state index is 14.8. The first kappa shape index (κ1) is 38.6. The van der Waals surface area contributed by atoms with Crippen LogP contribution < -0.4 is 9.47 Å². The van der Waals surface area contributed by atoms with Crippen LogP contribution in [0, 0.1) is 6.92 Å². The van der Waals surface area contributed by atoms with Crippen molar-refractivity contribution >= 4 is 27.7 Å². The molecule has 4 aromatic carbocycles. The van der Waals surface area contributed by atoms with Gasteiger partial charge in [-0.3, -0.25) is 8.98 Å². The summed E-state index contributed by atoms with van der Waals surface area (Å²) >= 11 is 0. The Labute approximate surface area is 318 Å². The fourth-order valence-corrected chi connectivity index (χ4v) is 7.29. The van der Waals surface area contributed by atoms with E-state index in [-0.39, 0.29) is 43.1 Å². The molecule has 11 heteroatoms. The monoisotopic (exact) mass is 752 g/mol. The maximum Gasteiger partial charge on any atom is 0.410 e. The summed E-state index contributed by atoms with van der Waals surface area (Å²) in [6.07, 6.45) is 1.78. The average molecular weight is 753 g/mol. The van der Waals surface area contributed by atoms with E-state index in [1.54, 1.807) is 30.2 Å². The molecule has 0 aromatic heterocycles. The average Bonchev–Trinajstić information content (AvgIpc) is 4.01. The Bertz CT molecular complexity index is 2100. The number of carbonyl (C=O) groups excluding carboxylic acids is 2. The molecule has 0 radical (unpaired) electrons. The number of aryl methyl sites for hydroxylation is 1. The first-order valence-corrected chi connectivity index (χ1v) is 19.6. The van der Waals surface area contributed by atoms with E-state index in [9.17, 15) is 18.0 Å². The molecule has 0 N–H and O–H groups in total. The van der Waals surface area contributed by atoms with E-state index in [0.717, 1.165) is 46.2 Å². The zero-order chi connectivity index (χ0) is 38.5. The highest BCUT2D eigenvalue weighted by atomic mass is 32.2. The van der Waals surface area contributed by atoms with Crippen LogP contribution in [0.15, 0.2) is 108 Å². The number of hydrogen-bond acceptors (Lipinski definition) is 8. The quantitative estimate of drug-likeness (QED) is 0.0997. The lowest BCUT2D eigenvalue weighted by Crippen LogP contribution is -2.44. The second kappa shape index (κ2) is 16.5. The van der Waals surface area contributed by atoms with Gasteiger partial charge >= 0.3 is 6.09 Å². The lowest BCUT2D eigenvalue weighted by atomic mass is 9.90. The van der Waals surface area contributed by atoms with Crippen molar-refractivity contribution in [3.8, 4) is 22.6 Å². The van der Waals surface area contributed by atoms with Crippen molar-refractivity contribution in [3.05, 3.63) is 119 Å². The molecule has 2 amide bonds. The summed E-state index contributed by atoms with van der Waals surface area (Å²) in [5, 5.41) is 0. The molecule has 0 saturated heterocycles. The topological polar surface area (TPSA) is 112 Å². The summed E-state index contributed by atoms with van der Waals surface area (Å²) in [6, 6.07) is 30.2. The summed E-state index contributed by atoms with van der Waals surface area (Å²) < 4.78 is 47.8. The van der Waals surface area contributed by atoms with Gasteiger partial charge in [0.15, 0.2) is 0 Å². The molecule has 10 nitrogen and oxygen atoms in total. The number of carbonyl (C=O) groups is 2. The van der Waals surface area contributed by atoms with Gasteiger partial charge in [0.05, 0.1) is 18.6 Å². The fraction of sp³-hybridized carbons (Fsp3) is 0.349. The van der Waals surface area contributed by atoms with Crippen molar-refractivity contribution in [2.45, 2.75) is 70.0 Å². The van der Waals surface area contributed by atoms with Crippen molar-refractivity contribution in [2.24, 2.45) is 0 Å². The van der Waals surface area contributed by atoms with Gasteiger partial charge in [0.25, 0.3) is 16.0 Å². The number of benzene rings is 4. The molecule has 1 aliphatic carbocycles. The SMILES string of the molecule is COc1cc(CN(C(=O)C2=C(c3cccc(-c4ccccc4)c3)CCN(C(=O)OC(C)(C)C)C2)C2CC2)cc(OCCOS(=O)(=O)c2ccc(C)cc2)c1. The fourth-order valence-electron chi connectivity index (χ4n) is 6.40. The minimum Gasteiger partial charge on any atom is -0.497 e. The molecule has 4 aromatic rings. The van der Waals surface area contributed by atoms with Crippen LogP contribution in [0.4, 0.5) is 4.79 Å². The van der Waals surface area contributed by atoms with Gasteiger partial charge in [-0.25, -0.2) is 4.79 Å². The first-order valence-electron chi connectivity index (χ1n) is 18.2. The van der Waals surface area contributed by atoms with Crippen LogP contribution in [-0.4, -0.2) is 75.3 Å². The van der Waals surface area contributed by atoms with Crippen LogP contribution in [0.3, 0.4) is 0 Å². The second-order valence-electron chi connectivity index (χ2n) is 14.7. The Kier molecular flexibility index (Phi) is 11.8. The van der Waals surface area contributed by atoms with Crippen molar-refractivity contribution in [2.75, 3.05) is 33.4 Å². The Morgan fingerprint density at radius 3 is 2.20 bits per heavy atom. The molecule has 1 heterocycles.